The number of carbonyl (C=O) groups is 1. The van der Waals surface area contributed by atoms with Crippen molar-refractivity contribution in [3.8, 4) is 5.75 Å². The van der Waals surface area contributed by atoms with Crippen LogP contribution in [0, 0.1) is 5.41 Å². The quantitative estimate of drug-likeness (QED) is 0.828. The van der Waals surface area contributed by atoms with Crippen LogP contribution in [-0.2, 0) is 0 Å². The van der Waals surface area contributed by atoms with Gasteiger partial charge in [-0.1, -0.05) is 19.1 Å². The molecule has 1 aliphatic rings. The Kier molecular flexibility index (Phi) is 4.59. The fraction of sp³-hybridized carbons (Fsp3) is 0.562. The van der Waals surface area contributed by atoms with Crippen molar-refractivity contribution in [3.05, 3.63) is 29.8 Å². The van der Waals surface area contributed by atoms with E-state index in [0.29, 0.717) is 6.61 Å². The van der Waals surface area contributed by atoms with Crippen LogP contribution in [0.25, 0.3) is 0 Å². The Hall–Kier alpha value is -1.35. The third-order valence-electron chi connectivity index (χ3n) is 4.04. The smallest absolute Gasteiger partial charge is 0.170 e. The van der Waals surface area contributed by atoms with E-state index >= 15 is 0 Å². The van der Waals surface area contributed by atoms with Gasteiger partial charge < -0.3 is 10.1 Å². The van der Waals surface area contributed by atoms with Crippen molar-refractivity contribution in [2.24, 2.45) is 5.41 Å². The first-order valence-electron chi connectivity index (χ1n) is 7.20. The second-order valence-corrected chi connectivity index (χ2v) is 5.20. The monoisotopic (exact) mass is 261 g/mol. The van der Waals surface area contributed by atoms with Crippen molar-refractivity contribution in [1.82, 2.24) is 5.32 Å². The zero-order valence-electron chi connectivity index (χ0n) is 11.9. The van der Waals surface area contributed by atoms with Crippen LogP contribution in [0.2, 0.25) is 0 Å². The van der Waals surface area contributed by atoms with E-state index < -0.39 is 0 Å². The van der Waals surface area contributed by atoms with Crippen molar-refractivity contribution in [2.75, 3.05) is 19.7 Å². The summed E-state index contributed by atoms with van der Waals surface area (Å²) in [6.45, 7) is 6.50. The molecule has 0 radical (unpaired) electrons. The first kappa shape index (κ1) is 14.1. The van der Waals surface area contributed by atoms with Crippen molar-refractivity contribution in [2.45, 2.75) is 33.1 Å². The Morgan fingerprint density at radius 3 is 2.89 bits per heavy atom. The lowest BCUT2D eigenvalue weighted by Crippen LogP contribution is -2.45. The lowest BCUT2D eigenvalue weighted by molar-refractivity contribution is 0.0730. The molecule has 1 aromatic rings. The lowest BCUT2D eigenvalue weighted by atomic mass is 9.73. The minimum atomic E-state index is -0.233. The topological polar surface area (TPSA) is 38.3 Å². The molecule has 0 aliphatic carbocycles. The van der Waals surface area contributed by atoms with Crippen molar-refractivity contribution < 1.29 is 9.53 Å². The first-order chi connectivity index (χ1) is 9.22. The van der Waals surface area contributed by atoms with Gasteiger partial charge in [-0.15, -0.1) is 0 Å². The molecule has 1 aromatic carbocycles. The number of benzene rings is 1. The second kappa shape index (κ2) is 6.20. The number of rotatable bonds is 5. The van der Waals surface area contributed by atoms with E-state index in [4.69, 9.17) is 4.74 Å². The van der Waals surface area contributed by atoms with Crippen LogP contribution in [0.1, 0.15) is 43.5 Å². The van der Waals surface area contributed by atoms with Gasteiger partial charge >= 0.3 is 0 Å². The standard InChI is InChI=1S/C16H23NO2/c1-3-16(9-6-10-17-12-16)15(18)13-7-5-8-14(11-13)19-4-2/h5,7-8,11,17H,3-4,6,9-10,12H2,1-2H3. The van der Waals surface area contributed by atoms with E-state index in [-0.39, 0.29) is 11.2 Å². The van der Waals surface area contributed by atoms with Gasteiger partial charge in [-0.2, -0.15) is 0 Å². The average molecular weight is 261 g/mol. The van der Waals surface area contributed by atoms with Gasteiger partial charge in [0.2, 0.25) is 0 Å². The summed E-state index contributed by atoms with van der Waals surface area (Å²) in [6.07, 6.45) is 2.94. The van der Waals surface area contributed by atoms with E-state index in [1.807, 2.05) is 31.2 Å². The predicted octanol–water partition coefficient (Wildman–Crippen LogP) is 3.05. The van der Waals surface area contributed by atoms with Crippen LogP contribution in [0.5, 0.6) is 5.75 Å². The maximum atomic E-state index is 12.8. The molecule has 3 heteroatoms. The fourth-order valence-corrected chi connectivity index (χ4v) is 2.82. The van der Waals surface area contributed by atoms with Gasteiger partial charge in [0.25, 0.3) is 0 Å². The fourth-order valence-electron chi connectivity index (χ4n) is 2.82. The Bertz CT molecular complexity index is 436. The van der Waals surface area contributed by atoms with Crippen molar-refractivity contribution in [1.29, 1.82) is 0 Å². The summed E-state index contributed by atoms with van der Waals surface area (Å²) in [7, 11) is 0. The molecule has 1 aliphatic heterocycles. The minimum absolute atomic E-state index is 0.233. The Morgan fingerprint density at radius 1 is 1.42 bits per heavy atom. The molecule has 1 atom stereocenters. The molecule has 0 saturated carbocycles. The summed E-state index contributed by atoms with van der Waals surface area (Å²) in [5.41, 5.74) is 0.541. The Balaban J connectivity index is 2.24. The van der Waals surface area contributed by atoms with Crippen LogP contribution in [0.15, 0.2) is 24.3 Å². The van der Waals surface area contributed by atoms with E-state index in [1.165, 1.54) is 0 Å². The summed E-state index contributed by atoms with van der Waals surface area (Å²) in [5.74, 6) is 1.03. The molecule has 2 rings (SSSR count). The van der Waals surface area contributed by atoms with Crippen molar-refractivity contribution >= 4 is 5.78 Å². The number of nitrogens with one attached hydrogen (secondary N) is 1. The Labute approximate surface area is 115 Å². The molecule has 0 bridgehead atoms. The molecular weight excluding hydrogens is 238 g/mol. The molecule has 0 amide bonds. The van der Waals surface area contributed by atoms with Gasteiger partial charge in [0.05, 0.1) is 6.61 Å². The SMILES string of the molecule is CCOc1cccc(C(=O)C2(CC)CCCNC2)c1. The highest BCUT2D eigenvalue weighted by atomic mass is 16.5. The van der Waals surface area contributed by atoms with Crippen LogP contribution in [-0.4, -0.2) is 25.5 Å². The van der Waals surface area contributed by atoms with Crippen molar-refractivity contribution in [3.63, 3.8) is 0 Å². The second-order valence-electron chi connectivity index (χ2n) is 5.20. The lowest BCUT2D eigenvalue weighted by Gasteiger charge is -2.35. The van der Waals surface area contributed by atoms with Crippen LogP contribution in [0.3, 0.4) is 0 Å². The highest BCUT2D eigenvalue weighted by Gasteiger charge is 2.38. The minimum Gasteiger partial charge on any atom is -0.494 e. The molecule has 1 saturated heterocycles. The summed E-state index contributed by atoms with van der Waals surface area (Å²) in [5, 5.41) is 3.36. The molecule has 3 nitrogen and oxygen atoms in total. The molecule has 1 heterocycles. The largest absolute Gasteiger partial charge is 0.494 e. The van der Waals surface area contributed by atoms with E-state index in [9.17, 15) is 4.79 Å². The van der Waals surface area contributed by atoms with E-state index in [2.05, 4.69) is 12.2 Å². The van der Waals surface area contributed by atoms with Gasteiger partial charge in [0.15, 0.2) is 5.78 Å². The number of piperidine rings is 1. The third-order valence-corrected chi connectivity index (χ3v) is 4.04. The van der Waals surface area contributed by atoms with Crippen LogP contribution >= 0.6 is 0 Å². The summed E-state index contributed by atoms with van der Waals surface area (Å²) >= 11 is 0. The number of carbonyl (C=O) groups excluding carboxylic acids is 1. The molecule has 19 heavy (non-hydrogen) atoms. The Morgan fingerprint density at radius 2 is 2.26 bits per heavy atom. The number of ketones is 1. The average Bonchev–Trinajstić information content (AvgIpc) is 2.48. The molecule has 104 valence electrons. The number of hydrogen-bond acceptors (Lipinski definition) is 3. The summed E-state index contributed by atoms with van der Waals surface area (Å²) < 4.78 is 5.48. The predicted molar refractivity (Wildman–Crippen MR) is 76.8 cm³/mol. The van der Waals surface area contributed by atoms with E-state index in [0.717, 1.165) is 43.7 Å². The van der Waals surface area contributed by atoms with Crippen LogP contribution in [0.4, 0.5) is 0 Å². The zero-order chi connectivity index (χ0) is 13.7. The van der Waals surface area contributed by atoms with Gasteiger partial charge in [-0.25, -0.2) is 0 Å². The van der Waals surface area contributed by atoms with Gasteiger partial charge in [0, 0.05) is 17.5 Å². The van der Waals surface area contributed by atoms with Gasteiger partial charge in [0.1, 0.15) is 5.75 Å². The highest BCUT2D eigenvalue weighted by Crippen LogP contribution is 2.34. The van der Waals surface area contributed by atoms with Gasteiger partial charge in [-0.05, 0) is 44.9 Å². The number of ether oxygens (including phenoxy) is 1. The molecule has 0 aromatic heterocycles. The first-order valence-corrected chi connectivity index (χ1v) is 7.20. The number of Topliss-reactive ketones (excluding diaryl/α,β-unsaturated/α-hetero) is 1. The third kappa shape index (κ3) is 2.98. The molecule has 0 spiro atoms. The normalized spacial score (nSPS) is 23.1. The number of hydrogen-bond donors (Lipinski definition) is 1. The summed E-state index contributed by atoms with van der Waals surface area (Å²) in [4.78, 5) is 12.8. The molecular formula is C16H23NO2. The highest BCUT2D eigenvalue weighted by molar-refractivity contribution is 6.01. The van der Waals surface area contributed by atoms with Gasteiger partial charge in [-0.3, -0.25) is 4.79 Å². The molecule has 1 N–H and O–H groups in total. The maximum Gasteiger partial charge on any atom is 0.170 e. The molecule has 1 fully saturated rings. The zero-order valence-corrected chi connectivity index (χ0v) is 11.9. The molecule has 1 unspecified atom stereocenters. The maximum absolute atomic E-state index is 12.8. The van der Waals surface area contributed by atoms with Crippen LogP contribution < -0.4 is 10.1 Å². The summed E-state index contributed by atoms with van der Waals surface area (Å²) in [6, 6.07) is 7.57. The van der Waals surface area contributed by atoms with E-state index in [1.54, 1.807) is 0 Å².